The molecule has 1 aliphatic heterocycles. The average Bonchev–Trinajstić information content (AvgIpc) is 3.43. The summed E-state index contributed by atoms with van der Waals surface area (Å²) in [6.07, 6.45) is 3.48. The summed E-state index contributed by atoms with van der Waals surface area (Å²) >= 11 is 0. The maximum absolute atomic E-state index is 13.1. The van der Waals surface area contributed by atoms with Crippen LogP contribution in [0.15, 0.2) is 48.8 Å². The summed E-state index contributed by atoms with van der Waals surface area (Å²) in [6.45, 7) is 1.20. The van der Waals surface area contributed by atoms with Gasteiger partial charge < -0.3 is 15.8 Å². The summed E-state index contributed by atoms with van der Waals surface area (Å²) in [7, 11) is -3.72. The first-order valence-corrected chi connectivity index (χ1v) is 11.8. The van der Waals surface area contributed by atoms with Crippen LogP contribution in [0.1, 0.15) is 17.8 Å². The molecule has 0 amide bonds. The zero-order valence-corrected chi connectivity index (χ0v) is 17.9. The topological polar surface area (TPSA) is 136 Å². The van der Waals surface area contributed by atoms with E-state index < -0.39 is 16.0 Å². The molecule has 11 heteroatoms. The van der Waals surface area contributed by atoms with Gasteiger partial charge in [0.15, 0.2) is 5.65 Å². The van der Waals surface area contributed by atoms with Crippen molar-refractivity contribution in [3.63, 3.8) is 0 Å². The van der Waals surface area contributed by atoms with Gasteiger partial charge in [0.1, 0.15) is 23.3 Å². The van der Waals surface area contributed by atoms with Crippen molar-refractivity contribution < 1.29 is 18.3 Å². The minimum Gasteiger partial charge on any atom is -0.481 e. The number of benzene rings is 1. The van der Waals surface area contributed by atoms with Gasteiger partial charge in [0.05, 0.1) is 11.9 Å². The van der Waals surface area contributed by atoms with E-state index in [9.17, 15) is 18.3 Å². The van der Waals surface area contributed by atoms with Crippen molar-refractivity contribution in [3.8, 4) is 0 Å². The van der Waals surface area contributed by atoms with Gasteiger partial charge in [-0.25, -0.2) is 27.0 Å². The molecule has 3 N–H and O–H groups in total. The normalized spacial score (nSPS) is 16.9. The van der Waals surface area contributed by atoms with Crippen molar-refractivity contribution in [2.75, 3.05) is 18.1 Å². The van der Waals surface area contributed by atoms with Crippen LogP contribution < -0.4 is 10.7 Å². The Bertz CT molecular complexity index is 1430. The van der Waals surface area contributed by atoms with E-state index >= 15 is 0 Å². The summed E-state index contributed by atoms with van der Waals surface area (Å²) < 4.78 is 29.2. The Balaban J connectivity index is 1.68. The molecule has 0 bridgehead atoms. The van der Waals surface area contributed by atoms with Crippen LogP contribution in [0.4, 0.5) is 0 Å². The van der Waals surface area contributed by atoms with Crippen LogP contribution in [-0.2, 0) is 27.0 Å². The van der Waals surface area contributed by atoms with E-state index in [2.05, 4.69) is 9.97 Å². The van der Waals surface area contributed by atoms with Crippen LogP contribution >= 0.6 is 0 Å². The van der Waals surface area contributed by atoms with E-state index in [1.807, 2.05) is 11.1 Å². The van der Waals surface area contributed by atoms with Crippen LogP contribution in [0.3, 0.4) is 0 Å². The van der Waals surface area contributed by atoms with Crippen molar-refractivity contribution in [1.82, 2.24) is 18.6 Å². The van der Waals surface area contributed by atoms with Gasteiger partial charge in [0, 0.05) is 30.7 Å². The second-order valence-electron chi connectivity index (χ2n) is 7.95. The molecular formula is C21H22N6O4S. The zero-order chi connectivity index (χ0) is 22.5. The fraction of sp³-hybridized carbons (Fsp3) is 0.286. The van der Waals surface area contributed by atoms with E-state index in [1.165, 1.54) is 16.4 Å². The van der Waals surface area contributed by atoms with Gasteiger partial charge in [-0.05, 0) is 18.1 Å². The number of aromatic nitrogens is 4. The smallest absolute Gasteiger partial charge is 0.311 e. The Kier molecular flexibility index (Phi) is 4.86. The Morgan fingerprint density at radius 3 is 2.69 bits per heavy atom. The third-order valence-electron chi connectivity index (χ3n) is 5.63. The first-order chi connectivity index (χ1) is 15.3. The van der Waals surface area contributed by atoms with Gasteiger partial charge in [0.2, 0.25) is 10.0 Å². The predicted molar refractivity (Wildman–Crippen MR) is 119 cm³/mol. The lowest BCUT2D eigenvalue weighted by Gasteiger charge is -2.22. The highest BCUT2D eigenvalue weighted by atomic mass is 32.2. The number of carboxylic acid groups (broad SMARTS) is 1. The summed E-state index contributed by atoms with van der Waals surface area (Å²) in [4.78, 5) is 20.3. The number of nitrogens with two attached hydrogens (primary N) is 1. The Morgan fingerprint density at radius 2 is 2.00 bits per heavy atom. The lowest BCUT2D eigenvalue weighted by Crippen LogP contribution is -2.36. The molecule has 32 heavy (non-hydrogen) atoms. The number of carboxylic acids is 1. The number of aliphatic carboxylic acids is 1. The van der Waals surface area contributed by atoms with Gasteiger partial charge in [-0.1, -0.05) is 30.3 Å². The van der Waals surface area contributed by atoms with Gasteiger partial charge in [-0.15, -0.1) is 0 Å². The maximum Gasteiger partial charge on any atom is 0.311 e. The first kappa shape index (κ1) is 20.5. The predicted octanol–water partition coefficient (Wildman–Crippen LogP) is 1.06. The van der Waals surface area contributed by atoms with Crippen molar-refractivity contribution in [2.45, 2.75) is 24.6 Å². The molecule has 10 nitrogen and oxygen atoms in total. The van der Waals surface area contributed by atoms with Crippen LogP contribution in [0.25, 0.3) is 22.1 Å². The molecule has 4 heterocycles. The molecule has 0 spiro atoms. The lowest BCUT2D eigenvalue weighted by atomic mass is 10.2. The van der Waals surface area contributed by atoms with Gasteiger partial charge in [-0.3, -0.25) is 4.79 Å². The third-order valence-corrected chi connectivity index (χ3v) is 7.22. The average molecular weight is 455 g/mol. The van der Waals surface area contributed by atoms with E-state index in [1.54, 1.807) is 35.0 Å². The molecule has 1 aliphatic rings. The van der Waals surface area contributed by atoms with Crippen molar-refractivity contribution in [2.24, 2.45) is 5.73 Å². The minimum atomic E-state index is -3.72. The summed E-state index contributed by atoms with van der Waals surface area (Å²) in [6, 6.07) is 10.6. The number of carbonyl (C=O) groups is 1. The second-order valence-corrected chi connectivity index (χ2v) is 9.80. The van der Waals surface area contributed by atoms with Gasteiger partial charge >= 0.3 is 5.97 Å². The maximum atomic E-state index is 13.1. The molecule has 0 saturated carbocycles. The van der Waals surface area contributed by atoms with Crippen molar-refractivity contribution in [3.05, 3.63) is 60.2 Å². The number of nitrogens with zero attached hydrogens (tertiary/aromatic N) is 5. The largest absolute Gasteiger partial charge is 0.481 e. The quantitative estimate of drug-likeness (QED) is 0.441. The molecule has 1 fully saturated rings. The van der Waals surface area contributed by atoms with Crippen LogP contribution in [0, 0.1) is 0 Å². The summed E-state index contributed by atoms with van der Waals surface area (Å²) in [5, 5.41) is 11.9. The van der Waals surface area contributed by atoms with Crippen molar-refractivity contribution >= 4 is 38.1 Å². The second kappa shape index (κ2) is 7.61. The molecule has 166 valence electrons. The summed E-state index contributed by atoms with van der Waals surface area (Å²) in [5.41, 5.74) is 8.18. The molecule has 1 aromatic carbocycles. The van der Waals surface area contributed by atoms with Gasteiger partial charge in [-0.2, -0.15) is 0 Å². The monoisotopic (exact) mass is 454 g/mol. The van der Waals surface area contributed by atoms with E-state index in [4.69, 9.17) is 5.73 Å². The fourth-order valence-corrected chi connectivity index (χ4v) is 5.65. The number of fused-ring (bicyclic) bond motifs is 3. The highest BCUT2D eigenvalue weighted by Gasteiger charge is 2.27. The van der Waals surface area contributed by atoms with Crippen molar-refractivity contribution in [1.29, 1.82) is 0 Å². The minimum absolute atomic E-state index is 0.0293. The van der Waals surface area contributed by atoms with Gasteiger partial charge in [0.25, 0.3) is 0 Å². The number of imidazole rings is 1. The SMILES string of the molecule is N[C@@H]1CCN(n2c(CC(=O)O)nc3cnc4c(ccn4S(=O)(=O)Cc4ccccc4)c32)C1. The standard InChI is InChI=1S/C21H22N6O4S/c22-15-6-8-25(12-15)27-18(10-19(28)29)24-17-11-23-21-16(20(17)27)7-9-26(21)32(30,31)13-14-4-2-1-3-5-14/h1-5,7,9,11,15H,6,8,10,12-13,22H2,(H,28,29)/t15-/m1/s1. The number of hydrogen-bond acceptors (Lipinski definition) is 7. The molecule has 0 unspecified atom stereocenters. The molecule has 5 rings (SSSR count). The Morgan fingerprint density at radius 1 is 1.22 bits per heavy atom. The highest BCUT2D eigenvalue weighted by molar-refractivity contribution is 7.89. The molecule has 4 aromatic rings. The number of hydrogen-bond donors (Lipinski definition) is 2. The van der Waals surface area contributed by atoms with E-state index in [0.29, 0.717) is 40.9 Å². The van der Waals surface area contributed by atoms with E-state index in [0.717, 1.165) is 6.42 Å². The Hall–Kier alpha value is -3.44. The highest BCUT2D eigenvalue weighted by Crippen LogP contribution is 2.28. The van der Waals surface area contributed by atoms with Crippen LogP contribution in [0.2, 0.25) is 0 Å². The number of pyridine rings is 1. The van der Waals surface area contributed by atoms with E-state index in [-0.39, 0.29) is 23.9 Å². The molecular weight excluding hydrogens is 432 g/mol. The zero-order valence-electron chi connectivity index (χ0n) is 17.1. The molecule has 1 atom stereocenters. The molecule has 0 aliphatic carbocycles. The van der Waals surface area contributed by atoms with Crippen LogP contribution in [0.5, 0.6) is 0 Å². The molecule has 0 radical (unpaired) electrons. The first-order valence-electron chi connectivity index (χ1n) is 10.2. The summed E-state index contributed by atoms with van der Waals surface area (Å²) in [5.74, 6) is -0.810. The van der Waals surface area contributed by atoms with Crippen LogP contribution in [-0.4, -0.2) is 57.2 Å². The lowest BCUT2D eigenvalue weighted by molar-refractivity contribution is -0.136. The molecule has 3 aromatic heterocycles. The third kappa shape index (κ3) is 3.49. The molecule has 1 saturated heterocycles. The Labute approximate surface area is 183 Å². The number of rotatable bonds is 6. The fourth-order valence-electron chi connectivity index (χ4n) is 4.24.